The maximum absolute atomic E-state index is 12.7. The molecule has 0 bridgehead atoms. The summed E-state index contributed by atoms with van der Waals surface area (Å²) >= 11 is 0. The fourth-order valence-electron chi connectivity index (χ4n) is 4.38. The second kappa shape index (κ2) is 6.45. The summed E-state index contributed by atoms with van der Waals surface area (Å²) in [5.41, 5.74) is 6.25. The Morgan fingerprint density at radius 2 is 1.81 bits per heavy atom. The molecule has 3 unspecified atom stereocenters. The Labute approximate surface area is 135 Å². The molecule has 0 spiro atoms. The van der Waals surface area contributed by atoms with Crippen molar-refractivity contribution in [3.05, 3.63) is 0 Å². The lowest BCUT2D eigenvalue weighted by Gasteiger charge is -2.42. The van der Waals surface area contributed by atoms with Crippen molar-refractivity contribution in [1.29, 1.82) is 0 Å². The largest absolute Gasteiger partial charge is 0.342 e. The molecule has 1 heterocycles. The zero-order chi connectivity index (χ0) is 14.3. The van der Waals surface area contributed by atoms with E-state index in [0.29, 0.717) is 17.7 Å². The van der Waals surface area contributed by atoms with E-state index < -0.39 is 0 Å². The minimum Gasteiger partial charge on any atom is -0.342 e. The Bertz CT molecular complexity index is 379. The van der Waals surface area contributed by atoms with Crippen LogP contribution in [0.1, 0.15) is 58.8 Å². The summed E-state index contributed by atoms with van der Waals surface area (Å²) in [6, 6.07) is 0.236. The maximum atomic E-state index is 12.7. The molecule has 3 fully saturated rings. The van der Waals surface area contributed by atoms with Crippen LogP contribution in [-0.4, -0.2) is 29.9 Å². The molecule has 3 atom stereocenters. The molecule has 0 aromatic heterocycles. The minimum absolute atomic E-state index is 0. The Morgan fingerprint density at radius 3 is 2.43 bits per heavy atom. The molecule has 0 radical (unpaired) electrons. The molecule has 1 aliphatic heterocycles. The first-order chi connectivity index (χ1) is 9.49. The van der Waals surface area contributed by atoms with Gasteiger partial charge in [-0.05, 0) is 30.1 Å². The Hall–Kier alpha value is -0.280. The van der Waals surface area contributed by atoms with Crippen molar-refractivity contribution in [1.82, 2.24) is 4.90 Å². The zero-order valence-electron chi connectivity index (χ0n) is 13.5. The molecule has 1 amide bonds. The first kappa shape index (κ1) is 17.1. The number of amides is 1. The van der Waals surface area contributed by atoms with Crippen molar-refractivity contribution in [2.24, 2.45) is 28.9 Å². The molecule has 3 rings (SSSR count). The van der Waals surface area contributed by atoms with Crippen LogP contribution in [0.2, 0.25) is 0 Å². The number of carbonyl (C=O) groups is 1. The molecule has 1 saturated heterocycles. The van der Waals surface area contributed by atoms with E-state index >= 15 is 0 Å². The van der Waals surface area contributed by atoms with E-state index in [1.54, 1.807) is 0 Å². The second-order valence-electron chi connectivity index (χ2n) is 8.05. The number of piperidine rings is 1. The van der Waals surface area contributed by atoms with Gasteiger partial charge >= 0.3 is 0 Å². The van der Waals surface area contributed by atoms with Crippen LogP contribution in [0.15, 0.2) is 0 Å². The topological polar surface area (TPSA) is 46.3 Å². The highest BCUT2D eigenvalue weighted by Crippen LogP contribution is 2.50. The predicted octanol–water partition coefficient (Wildman–Crippen LogP) is 3.21. The summed E-state index contributed by atoms with van der Waals surface area (Å²) in [6.07, 6.45) is 9.02. The summed E-state index contributed by atoms with van der Waals surface area (Å²) in [7, 11) is 0. The molecular formula is C17H31ClN2O. The quantitative estimate of drug-likeness (QED) is 0.850. The zero-order valence-corrected chi connectivity index (χ0v) is 14.3. The molecule has 2 aliphatic carbocycles. The lowest BCUT2D eigenvalue weighted by atomic mass is 9.79. The van der Waals surface area contributed by atoms with Crippen molar-refractivity contribution >= 4 is 18.3 Å². The van der Waals surface area contributed by atoms with Crippen LogP contribution < -0.4 is 5.73 Å². The van der Waals surface area contributed by atoms with Crippen molar-refractivity contribution in [2.45, 2.75) is 64.8 Å². The smallest absolute Gasteiger partial charge is 0.226 e. The number of likely N-dealkylation sites (tertiary alicyclic amines) is 1. The highest BCUT2D eigenvalue weighted by Gasteiger charge is 2.50. The number of hydrogen-bond donors (Lipinski definition) is 1. The number of nitrogens with two attached hydrogens (primary N) is 1. The first-order valence-electron chi connectivity index (χ1n) is 8.53. The predicted molar refractivity (Wildman–Crippen MR) is 88.4 cm³/mol. The third-order valence-electron chi connectivity index (χ3n) is 6.04. The SMILES string of the molecule is CC1(C)CN(C(=O)C2CC2C2CCCCC2)CCC1N.Cl. The van der Waals surface area contributed by atoms with E-state index in [2.05, 4.69) is 18.7 Å². The number of nitrogens with zero attached hydrogens (tertiary/aromatic N) is 1. The van der Waals surface area contributed by atoms with E-state index in [1.165, 1.54) is 32.1 Å². The molecule has 0 aromatic rings. The number of rotatable bonds is 2. The summed E-state index contributed by atoms with van der Waals surface area (Å²) in [6.45, 7) is 6.11. The van der Waals surface area contributed by atoms with Crippen LogP contribution in [0.25, 0.3) is 0 Å². The van der Waals surface area contributed by atoms with Gasteiger partial charge in [0.1, 0.15) is 0 Å². The van der Waals surface area contributed by atoms with Gasteiger partial charge in [0.15, 0.2) is 0 Å². The highest BCUT2D eigenvalue weighted by molar-refractivity contribution is 5.85. The lowest BCUT2D eigenvalue weighted by Crippen LogP contribution is -2.54. The molecule has 2 saturated carbocycles. The van der Waals surface area contributed by atoms with Gasteiger partial charge in [-0.25, -0.2) is 0 Å². The number of carbonyl (C=O) groups excluding carboxylic acids is 1. The third kappa shape index (κ3) is 3.56. The van der Waals surface area contributed by atoms with Gasteiger partial charge < -0.3 is 10.6 Å². The summed E-state index contributed by atoms with van der Waals surface area (Å²) in [5, 5.41) is 0. The van der Waals surface area contributed by atoms with Crippen LogP contribution in [0.5, 0.6) is 0 Å². The maximum Gasteiger partial charge on any atom is 0.226 e. The van der Waals surface area contributed by atoms with Gasteiger partial charge in [0.05, 0.1) is 0 Å². The molecule has 0 aromatic carbocycles. The molecule has 122 valence electrons. The van der Waals surface area contributed by atoms with Crippen LogP contribution in [0.3, 0.4) is 0 Å². The Kier molecular flexibility index (Phi) is 5.25. The van der Waals surface area contributed by atoms with E-state index in [9.17, 15) is 4.79 Å². The van der Waals surface area contributed by atoms with E-state index in [1.807, 2.05) is 0 Å². The second-order valence-corrected chi connectivity index (χ2v) is 8.05. The van der Waals surface area contributed by atoms with E-state index in [-0.39, 0.29) is 23.9 Å². The van der Waals surface area contributed by atoms with Crippen molar-refractivity contribution < 1.29 is 4.79 Å². The van der Waals surface area contributed by atoms with Crippen molar-refractivity contribution in [2.75, 3.05) is 13.1 Å². The van der Waals surface area contributed by atoms with Gasteiger partial charge in [-0.3, -0.25) is 4.79 Å². The Morgan fingerprint density at radius 1 is 1.14 bits per heavy atom. The normalized spacial score (nSPS) is 36.0. The minimum atomic E-state index is 0. The van der Waals surface area contributed by atoms with Gasteiger partial charge in [0, 0.05) is 25.0 Å². The van der Waals surface area contributed by atoms with E-state index in [4.69, 9.17) is 5.73 Å². The summed E-state index contributed by atoms with van der Waals surface area (Å²) in [5.74, 6) is 2.34. The standard InChI is InChI=1S/C17H30N2O.ClH/c1-17(2)11-19(9-8-15(17)18)16(20)14-10-13(14)12-6-4-3-5-7-12;/h12-15H,3-11,18H2,1-2H3;1H. The van der Waals surface area contributed by atoms with Gasteiger partial charge in [-0.15, -0.1) is 12.4 Å². The average Bonchev–Trinajstić information content (AvgIpc) is 3.22. The third-order valence-corrected chi connectivity index (χ3v) is 6.04. The van der Waals surface area contributed by atoms with Gasteiger partial charge in [-0.2, -0.15) is 0 Å². The van der Waals surface area contributed by atoms with Crippen LogP contribution in [-0.2, 0) is 4.79 Å². The molecular weight excluding hydrogens is 284 g/mol. The molecule has 3 nitrogen and oxygen atoms in total. The van der Waals surface area contributed by atoms with E-state index in [0.717, 1.165) is 31.8 Å². The van der Waals surface area contributed by atoms with Gasteiger partial charge in [0.2, 0.25) is 5.91 Å². The van der Waals surface area contributed by atoms with Crippen LogP contribution in [0, 0.1) is 23.2 Å². The molecule has 2 N–H and O–H groups in total. The number of halogens is 1. The molecule has 21 heavy (non-hydrogen) atoms. The molecule has 4 heteroatoms. The van der Waals surface area contributed by atoms with Crippen LogP contribution in [0.4, 0.5) is 0 Å². The fraction of sp³-hybridized carbons (Fsp3) is 0.941. The average molecular weight is 315 g/mol. The van der Waals surface area contributed by atoms with Crippen LogP contribution >= 0.6 is 12.4 Å². The molecule has 3 aliphatic rings. The highest BCUT2D eigenvalue weighted by atomic mass is 35.5. The lowest BCUT2D eigenvalue weighted by molar-refractivity contribution is -0.136. The summed E-state index contributed by atoms with van der Waals surface area (Å²) < 4.78 is 0. The summed E-state index contributed by atoms with van der Waals surface area (Å²) in [4.78, 5) is 14.8. The van der Waals surface area contributed by atoms with Crippen molar-refractivity contribution in [3.8, 4) is 0 Å². The fourth-order valence-corrected chi connectivity index (χ4v) is 4.38. The monoisotopic (exact) mass is 314 g/mol. The number of hydrogen-bond acceptors (Lipinski definition) is 2. The Balaban J connectivity index is 0.00000161. The van der Waals surface area contributed by atoms with Gasteiger partial charge in [0.25, 0.3) is 0 Å². The van der Waals surface area contributed by atoms with Crippen molar-refractivity contribution in [3.63, 3.8) is 0 Å². The van der Waals surface area contributed by atoms with Gasteiger partial charge in [-0.1, -0.05) is 46.0 Å². The first-order valence-corrected chi connectivity index (χ1v) is 8.53.